The molecule has 13 heteroatoms. The first kappa shape index (κ1) is 23.3. The van der Waals surface area contributed by atoms with Gasteiger partial charge in [0.25, 0.3) is 5.69 Å². The van der Waals surface area contributed by atoms with Crippen LogP contribution in [0, 0.1) is 20.2 Å². The third-order valence-electron chi connectivity index (χ3n) is 3.89. The molecule has 0 fully saturated rings. The minimum atomic E-state index is -3.86. The topological polar surface area (TPSA) is 148 Å². The first-order valence-corrected chi connectivity index (χ1v) is 10.5. The number of carbonyl (C=O) groups excluding carboxylic acids is 1. The van der Waals surface area contributed by atoms with Crippen molar-refractivity contribution in [2.45, 2.75) is 6.92 Å². The van der Waals surface area contributed by atoms with Crippen LogP contribution >= 0.6 is 19.0 Å². The van der Waals surface area contributed by atoms with Crippen LogP contribution in [-0.2, 0) is 18.6 Å². The molecule has 30 heavy (non-hydrogen) atoms. The van der Waals surface area contributed by atoms with E-state index in [4.69, 9.17) is 20.9 Å². The molecule has 0 amide bonds. The van der Waals surface area contributed by atoms with E-state index in [0.717, 1.165) is 25.3 Å². The van der Waals surface area contributed by atoms with Crippen molar-refractivity contribution in [3.05, 3.63) is 61.6 Å². The Labute approximate surface area is 175 Å². The molecule has 0 aromatic heterocycles. The second-order valence-electron chi connectivity index (χ2n) is 5.72. The number of hydrogen-bond acceptors (Lipinski definition) is 9. The average molecular weight is 459 g/mol. The summed E-state index contributed by atoms with van der Waals surface area (Å²) < 4.78 is 28.4. The van der Waals surface area contributed by atoms with E-state index >= 15 is 0 Å². The van der Waals surface area contributed by atoms with Crippen molar-refractivity contribution in [1.29, 1.82) is 0 Å². The number of carbonyl (C=O) groups is 1. The Morgan fingerprint density at radius 1 is 1.10 bits per heavy atom. The summed E-state index contributed by atoms with van der Waals surface area (Å²) >= 11 is 5.77. The number of benzene rings is 2. The molecule has 0 aliphatic rings. The lowest BCUT2D eigenvalue weighted by Crippen LogP contribution is -2.18. The zero-order valence-electron chi connectivity index (χ0n) is 15.8. The van der Waals surface area contributed by atoms with Crippen LogP contribution in [0.15, 0.2) is 36.4 Å². The van der Waals surface area contributed by atoms with Crippen molar-refractivity contribution < 1.29 is 33.2 Å². The number of nitro benzene ring substituents is 2. The molecule has 0 aliphatic carbocycles. The SMILES string of the molecule is CCP(=O)(OCC(=O)OC)c1cc(Oc2ccc(Cl)cc2[N+](=O)[O-])ccc1[N+](=O)[O-]. The molecular weight excluding hydrogens is 443 g/mol. The number of nitrogens with zero attached hydrogens (tertiary/aromatic N) is 2. The molecule has 0 bridgehead atoms. The second kappa shape index (κ2) is 9.66. The fraction of sp³-hybridized carbons (Fsp3) is 0.235. The summed E-state index contributed by atoms with van der Waals surface area (Å²) in [5.74, 6) is -1.04. The quantitative estimate of drug-likeness (QED) is 0.234. The van der Waals surface area contributed by atoms with Gasteiger partial charge in [-0.15, -0.1) is 0 Å². The van der Waals surface area contributed by atoms with Gasteiger partial charge in [0.2, 0.25) is 13.1 Å². The van der Waals surface area contributed by atoms with Crippen LogP contribution in [0.2, 0.25) is 5.02 Å². The van der Waals surface area contributed by atoms with E-state index in [1.54, 1.807) is 0 Å². The van der Waals surface area contributed by atoms with Crippen LogP contribution in [0.25, 0.3) is 0 Å². The maximum absolute atomic E-state index is 13.2. The number of methoxy groups -OCH3 is 1. The van der Waals surface area contributed by atoms with Crippen molar-refractivity contribution in [3.8, 4) is 11.5 Å². The summed E-state index contributed by atoms with van der Waals surface area (Å²) in [6.07, 6.45) is -0.157. The molecule has 11 nitrogen and oxygen atoms in total. The number of halogens is 1. The van der Waals surface area contributed by atoms with E-state index in [9.17, 15) is 29.6 Å². The van der Waals surface area contributed by atoms with Gasteiger partial charge in [-0.3, -0.25) is 24.8 Å². The monoisotopic (exact) mass is 458 g/mol. The zero-order chi connectivity index (χ0) is 22.5. The second-order valence-corrected chi connectivity index (χ2v) is 8.87. The summed E-state index contributed by atoms with van der Waals surface area (Å²) in [6, 6.07) is 7.04. The summed E-state index contributed by atoms with van der Waals surface area (Å²) in [4.78, 5) is 32.5. The van der Waals surface area contributed by atoms with Gasteiger partial charge in [-0.25, -0.2) is 4.79 Å². The van der Waals surface area contributed by atoms with Crippen LogP contribution in [0.3, 0.4) is 0 Å². The lowest BCUT2D eigenvalue weighted by Gasteiger charge is -2.17. The van der Waals surface area contributed by atoms with Gasteiger partial charge in [-0.1, -0.05) is 18.5 Å². The molecule has 1 atom stereocenters. The summed E-state index contributed by atoms with van der Waals surface area (Å²) in [6.45, 7) is 0.797. The highest BCUT2D eigenvalue weighted by molar-refractivity contribution is 7.67. The van der Waals surface area contributed by atoms with Gasteiger partial charge in [-0.2, -0.15) is 0 Å². The largest absolute Gasteiger partial charge is 0.467 e. The van der Waals surface area contributed by atoms with E-state index < -0.39 is 41.2 Å². The zero-order valence-corrected chi connectivity index (χ0v) is 17.4. The fourth-order valence-electron chi connectivity index (χ4n) is 2.39. The first-order valence-electron chi connectivity index (χ1n) is 8.32. The Bertz CT molecular complexity index is 1040. The minimum Gasteiger partial charge on any atom is -0.467 e. The minimum absolute atomic E-state index is 0.0589. The molecule has 0 saturated carbocycles. The van der Waals surface area contributed by atoms with Crippen molar-refractivity contribution in [2.75, 3.05) is 19.9 Å². The average Bonchev–Trinajstić information content (AvgIpc) is 2.72. The highest BCUT2D eigenvalue weighted by Gasteiger charge is 2.34. The van der Waals surface area contributed by atoms with Gasteiger partial charge in [-0.05, 0) is 18.2 Å². The van der Waals surface area contributed by atoms with Crippen LogP contribution in [0.4, 0.5) is 11.4 Å². The normalized spacial score (nSPS) is 12.6. The Balaban J connectivity index is 2.51. The molecule has 2 aromatic carbocycles. The number of rotatable bonds is 9. The molecule has 0 N–H and O–H groups in total. The molecule has 1 unspecified atom stereocenters. The Kier molecular flexibility index (Phi) is 7.49. The molecule has 0 radical (unpaired) electrons. The van der Waals surface area contributed by atoms with Gasteiger partial charge in [0, 0.05) is 29.4 Å². The van der Waals surface area contributed by atoms with Crippen LogP contribution < -0.4 is 10.0 Å². The Hall–Kier alpha value is -3.01. The lowest BCUT2D eigenvalue weighted by molar-refractivity contribution is -0.385. The molecule has 0 spiro atoms. The number of nitro groups is 2. The van der Waals surface area contributed by atoms with Crippen LogP contribution in [0.1, 0.15) is 6.92 Å². The third kappa shape index (κ3) is 5.32. The van der Waals surface area contributed by atoms with Gasteiger partial charge in [0.15, 0.2) is 6.61 Å². The smallest absolute Gasteiger partial charge is 0.332 e. The standard InChI is InChI=1S/C17H16ClN2O9P/c1-3-30(26,28-10-17(21)27-2)16-9-12(5-6-13(16)19(22)23)29-15-7-4-11(18)8-14(15)20(24)25/h4-9H,3,10H2,1-2H3. The van der Waals surface area contributed by atoms with E-state index in [1.807, 2.05) is 0 Å². The Morgan fingerprint density at radius 2 is 1.77 bits per heavy atom. The molecule has 160 valence electrons. The molecular formula is C17H16ClN2O9P. The van der Waals surface area contributed by atoms with Crippen LogP contribution in [-0.4, -0.2) is 35.7 Å². The van der Waals surface area contributed by atoms with Crippen molar-refractivity contribution in [1.82, 2.24) is 0 Å². The molecule has 2 aromatic rings. The maximum Gasteiger partial charge on any atom is 0.332 e. The van der Waals surface area contributed by atoms with Gasteiger partial charge >= 0.3 is 11.7 Å². The van der Waals surface area contributed by atoms with E-state index in [1.165, 1.54) is 25.1 Å². The summed E-state index contributed by atoms with van der Waals surface area (Å²) in [7, 11) is -2.75. The molecule has 0 aliphatic heterocycles. The van der Waals surface area contributed by atoms with E-state index in [2.05, 4.69) is 4.74 Å². The highest BCUT2D eigenvalue weighted by atomic mass is 35.5. The predicted molar refractivity (Wildman–Crippen MR) is 107 cm³/mol. The van der Waals surface area contributed by atoms with Gasteiger partial charge in [0.1, 0.15) is 11.1 Å². The van der Waals surface area contributed by atoms with Gasteiger partial charge in [0.05, 0.1) is 17.0 Å². The molecule has 0 saturated heterocycles. The first-order chi connectivity index (χ1) is 14.1. The molecule has 2 rings (SSSR count). The highest BCUT2D eigenvalue weighted by Crippen LogP contribution is 2.48. The van der Waals surface area contributed by atoms with E-state index in [0.29, 0.717) is 0 Å². The fourth-order valence-corrected chi connectivity index (χ4v) is 4.36. The predicted octanol–water partition coefficient (Wildman–Crippen LogP) is 4.06. The van der Waals surface area contributed by atoms with Crippen molar-refractivity contribution >= 4 is 41.6 Å². The van der Waals surface area contributed by atoms with E-state index in [-0.39, 0.29) is 28.0 Å². The molecule has 0 heterocycles. The van der Waals surface area contributed by atoms with Crippen molar-refractivity contribution in [2.24, 2.45) is 0 Å². The number of esters is 1. The van der Waals surface area contributed by atoms with Crippen molar-refractivity contribution in [3.63, 3.8) is 0 Å². The number of hydrogen-bond donors (Lipinski definition) is 0. The lowest BCUT2D eigenvalue weighted by atomic mass is 10.3. The van der Waals surface area contributed by atoms with Gasteiger partial charge < -0.3 is 14.0 Å². The summed E-state index contributed by atoms with van der Waals surface area (Å²) in [5, 5.41) is 22.5. The summed E-state index contributed by atoms with van der Waals surface area (Å²) in [5.41, 5.74) is -0.939. The number of ether oxygens (including phenoxy) is 2. The maximum atomic E-state index is 13.2. The van der Waals surface area contributed by atoms with Crippen LogP contribution in [0.5, 0.6) is 11.5 Å². The Morgan fingerprint density at radius 3 is 2.33 bits per heavy atom. The third-order valence-corrected chi connectivity index (χ3v) is 6.60.